The van der Waals surface area contributed by atoms with Gasteiger partial charge in [-0.05, 0) is 6.92 Å². The van der Waals surface area contributed by atoms with Crippen molar-refractivity contribution in [2.24, 2.45) is 0 Å². The number of methoxy groups -OCH3 is 2. The van der Waals surface area contributed by atoms with Gasteiger partial charge < -0.3 is 14.2 Å². The van der Waals surface area contributed by atoms with Crippen molar-refractivity contribution in [1.29, 1.82) is 0 Å². The van der Waals surface area contributed by atoms with Crippen molar-refractivity contribution in [3.63, 3.8) is 0 Å². The van der Waals surface area contributed by atoms with Crippen LogP contribution in [0.4, 0.5) is 0 Å². The first kappa shape index (κ1) is 13.9. The number of quaternary nitrogens is 1. The summed E-state index contributed by atoms with van der Waals surface area (Å²) < 4.78 is 17.5. The number of rotatable bonds is 6. The van der Waals surface area contributed by atoms with E-state index in [1.54, 1.807) is 14.2 Å². The van der Waals surface area contributed by atoms with Crippen LogP contribution in [0.15, 0.2) is 0 Å². The molecule has 1 aliphatic heterocycles. The minimum atomic E-state index is -0.158. The van der Waals surface area contributed by atoms with Crippen LogP contribution < -0.4 is 0 Å². The van der Waals surface area contributed by atoms with Gasteiger partial charge in [0, 0.05) is 40.9 Å². The molecule has 96 valence electrons. The van der Waals surface area contributed by atoms with Crippen molar-refractivity contribution in [3.8, 4) is 0 Å². The molecule has 3 unspecified atom stereocenters. The van der Waals surface area contributed by atoms with E-state index in [9.17, 15) is 0 Å². The molecule has 0 radical (unpaired) electrons. The molecule has 1 aliphatic rings. The van der Waals surface area contributed by atoms with Gasteiger partial charge in [-0.1, -0.05) is 0 Å². The van der Waals surface area contributed by atoms with Crippen LogP contribution in [0, 0.1) is 0 Å². The van der Waals surface area contributed by atoms with Crippen LogP contribution in [0.3, 0.4) is 0 Å². The van der Waals surface area contributed by atoms with Crippen molar-refractivity contribution in [2.45, 2.75) is 52.4 Å². The molecule has 0 aromatic carbocycles. The first-order valence-corrected chi connectivity index (χ1v) is 6.14. The monoisotopic (exact) mass is 232 g/mol. The maximum Gasteiger partial charge on any atom is 0.195 e. The van der Waals surface area contributed by atoms with Crippen molar-refractivity contribution in [2.75, 3.05) is 27.3 Å². The summed E-state index contributed by atoms with van der Waals surface area (Å²) in [7, 11) is 3.45. The summed E-state index contributed by atoms with van der Waals surface area (Å²) in [6.45, 7) is 8.44. The fourth-order valence-electron chi connectivity index (χ4n) is 2.61. The summed E-state index contributed by atoms with van der Waals surface area (Å²) >= 11 is 0. The zero-order valence-corrected chi connectivity index (χ0v) is 11.2. The predicted octanol–water partition coefficient (Wildman–Crippen LogP) is 1.94. The molecule has 0 aromatic heterocycles. The molecule has 0 spiro atoms. The van der Waals surface area contributed by atoms with Gasteiger partial charge in [0.1, 0.15) is 0 Å². The van der Waals surface area contributed by atoms with Gasteiger partial charge in [0.15, 0.2) is 18.7 Å². The Morgan fingerprint density at radius 2 is 1.44 bits per heavy atom. The van der Waals surface area contributed by atoms with Crippen LogP contribution in [-0.2, 0) is 14.2 Å². The van der Waals surface area contributed by atoms with E-state index < -0.39 is 0 Å². The molecule has 16 heavy (non-hydrogen) atoms. The van der Waals surface area contributed by atoms with Crippen LogP contribution >= 0.6 is 0 Å². The zero-order valence-electron chi connectivity index (χ0n) is 11.2. The molecule has 0 saturated carbocycles. The highest BCUT2D eigenvalue weighted by atomic mass is 16.7. The van der Waals surface area contributed by atoms with Crippen LogP contribution in [0.25, 0.3) is 0 Å². The lowest BCUT2D eigenvalue weighted by Crippen LogP contribution is -2.59. The molecule has 1 heterocycles. The lowest BCUT2D eigenvalue weighted by molar-refractivity contribution is -0.999. The van der Waals surface area contributed by atoms with Crippen molar-refractivity contribution >= 4 is 0 Å². The SMILES string of the molecule is COC(C)OC(C)[N+]1(C(C)OC)CCCC1. The third-order valence-electron chi connectivity index (χ3n) is 3.91. The summed E-state index contributed by atoms with van der Waals surface area (Å²) in [4.78, 5) is 0. The van der Waals surface area contributed by atoms with Crippen LogP contribution in [0.2, 0.25) is 0 Å². The third-order valence-corrected chi connectivity index (χ3v) is 3.91. The Kier molecular flexibility index (Phi) is 5.18. The highest BCUT2D eigenvalue weighted by molar-refractivity contribution is 4.58. The Balaban J connectivity index is 2.69. The van der Waals surface area contributed by atoms with Crippen LogP contribution in [-0.4, -0.2) is 50.5 Å². The van der Waals surface area contributed by atoms with E-state index in [0.717, 1.165) is 17.6 Å². The first-order valence-electron chi connectivity index (χ1n) is 6.14. The number of hydrogen-bond acceptors (Lipinski definition) is 3. The highest BCUT2D eigenvalue weighted by Crippen LogP contribution is 2.29. The molecule has 0 N–H and O–H groups in total. The Bertz CT molecular complexity index is 204. The van der Waals surface area contributed by atoms with E-state index >= 15 is 0 Å². The second-order valence-electron chi connectivity index (χ2n) is 4.63. The summed E-state index contributed by atoms with van der Waals surface area (Å²) in [5.41, 5.74) is 0. The fourth-order valence-corrected chi connectivity index (χ4v) is 2.61. The van der Waals surface area contributed by atoms with Gasteiger partial charge in [-0.25, -0.2) is 0 Å². The molecular weight excluding hydrogens is 206 g/mol. The van der Waals surface area contributed by atoms with E-state index in [-0.39, 0.29) is 18.7 Å². The number of ether oxygens (including phenoxy) is 3. The van der Waals surface area contributed by atoms with Gasteiger partial charge in [-0.2, -0.15) is 0 Å². The molecule has 1 rings (SSSR count). The second kappa shape index (κ2) is 5.96. The molecule has 0 aliphatic carbocycles. The standard InChI is InChI=1S/C12H26NO3/c1-10(14-4)13(8-6-7-9-13)11(2)16-12(3)15-5/h10-12H,6-9H2,1-5H3/q+1. The summed E-state index contributed by atoms with van der Waals surface area (Å²) in [5.74, 6) is 0. The third kappa shape index (κ3) is 2.74. The predicted molar refractivity (Wildman–Crippen MR) is 62.7 cm³/mol. The number of nitrogens with zero attached hydrogens (tertiary/aromatic N) is 1. The maximum atomic E-state index is 5.88. The van der Waals surface area contributed by atoms with Crippen molar-refractivity contribution in [3.05, 3.63) is 0 Å². The van der Waals surface area contributed by atoms with Crippen molar-refractivity contribution < 1.29 is 18.7 Å². The van der Waals surface area contributed by atoms with E-state index in [1.807, 2.05) is 6.92 Å². The molecule has 3 atom stereocenters. The van der Waals surface area contributed by atoms with Crippen molar-refractivity contribution in [1.82, 2.24) is 0 Å². The van der Waals surface area contributed by atoms with Gasteiger partial charge in [-0.3, -0.25) is 4.48 Å². The Morgan fingerprint density at radius 3 is 1.88 bits per heavy atom. The van der Waals surface area contributed by atoms with Gasteiger partial charge in [0.2, 0.25) is 0 Å². The Hall–Kier alpha value is -0.160. The van der Waals surface area contributed by atoms with E-state index in [0.29, 0.717) is 0 Å². The van der Waals surface area contributed by atoms with Gasteiger partial charge in [0.25, 0.3) is 0 Å². The Morgan fingerprint density at radius 1 is 0.875 bits per heavy atom. The molecule has 1 saturated heterocycles. The molecule has 4 nitrogen and oxygen atoms in total. The minimum Gasteiger partial charge on any atom is -0.356 e. The number of hydrogen-bond donors (Lipinski definition) is 0. The average Bonchev–Trinajstić information content (AvgIpc) is 2.78. The molecule has 1 fully saturated rings. The van der Waals surface area contributed by atoms with E-state index in [2.05, 4.69) is 13.8 Å². The summed E-state index contributed by atoms with van der Waals surface area (Å²) in [6, 6.07) is 0. The van der Waals surface area contributed by atoms with Crippen LogP contribution in [0.5, 0.6) is 0 Å². The molecule has 4 heteroatoms. The fraction of sp³-hybridized carbons (Fsp3) is 1.00. The smallest absolute Gasteiger partial charge is 0.195 e. The Labute approximate surface area is 99.1 Å². The number of likely N-dealkylation sites (tertiary alicyclic amines) is 1. The van der Waals surface area contributed by atoms with Gasteiger partial charge in [0.05, 0.1) is 13.1 Å². The minimum absolute atomic E-state index is 0.118. The summed E-state index contributed by atoms with van der Waals surface area (Å²) in [6.07, 6.45) is 2.65. The van der Waals surface area contributed by atoms with Gasteiger partial charge in [-0.15, -0.1) is 0 Å². The van der Waals surface area contributed by atoms with E-state index in [1.165, 1.54) is 12.8 Å². The quantitative estimate of drug-likeness (QED) is 0.517. The molecular formula is C12H26NO3+. The highest BCUT2D eigenvalue weighted by Gasteiger charge is 2.43. The molecule has 0 amide bonds. The molecule has 0 aromatic rings. The largest absolute Gasteiger partial charge is 0.356 e. The lowest BCUT2D eigenvalue weighted by atomic mass is 10.3. The van der Waals surface area contributed by atoms with E-state index in [4.69, 9.17) is 14.2 Å². The summed E-state index contributed by atoms with van der Waals surface area (Å²) in [5, 5.41) is 0. The zero-order chi connectivity index (χ0) is 12.2. The van der Waals surface area contributed by atoms with Gasteiger partial charge >= 0.3 is 0 Å². The van der Waals surface area contributed by atoms with Crippen LogP contribution in [0.1, 0.15) is 33.6 Å². The topological polar surface area (TPSA) is 27.7 Å². The lowest BCUT2D eigenvalue weighted by Gasteiger charge is -2.43. The first-order chi connectivity index (χ1) is 7.56. The molecule has 0 bridgehead atoms. The second-order valence-corrected chi connectivity index (χ2v) is 4.63. The normalized spacial score (nSPS) is 25.3. The maximum absolute atomic E-state index is 5.88. The average molecular weight is 232 g/mol.